The van der Waals surface area contributed by atoms with Crippen LogP contribution in [0.3, 0.4) is 0 Å². The van der Waals surface area contributed by atoms with E-state index in [1.165, 1.54) is 0 Å². The van der Waals surface area contributed by atoms with Crippen LogP contribution < -0.4 is 10.2 Å². The van der Waals surface area contributed by atoms with E-state index in [2.05, 4.69) is 35.1 Å². The van der Waals surface area contributed by atoms with Crippen molar-refractivity contribution in [3.63, 3.8) is 0 Å². The smallest absolute Gasteiger partial charge is 0.216 e. The summed E-state index contributed by atoms with van der Waals surface area (Å²) in [6.45, 7) is 10.6. The first-order valence-electron chi connectivity index (χ1n) is 7.80. The van der Waals surface area contributed by atoms with Crippen LogP contribution in [0.4, 0.5) is 5.82 Å². The number of aromatic nitrogens is 2. The Kier molecular flexibility index (Phi) is 5.15. The minimum absolute atomic E-state index is 0.0482. The average molecular weight is 290 g/mol. The van der Waals surface area contributed by atoms with Crippen LogP contribution in [-0.4, -0.2) is 35.5 Å². The number of nitrogens with zero attached hydrogens (tertiary/aromatic N) is 3. The van der Waals surface area contributed by atoms with Crippen molar-refractivity contribution in [2.75, 3.05) is 24.5 Å². The monoisotopic (exact) mass is 290 g/mol. The molecule has 1 N–H and O–H groups in total. The van der Waals surface area contributed by atoms with E-state index in [0.717, 1.165) is 49.8 Å². The number of rotatable bonds is 4. The van der Waals surface area contributed by atoms with Gasteiger partial charge in [0.05, 0.1) is 0 Å². The standard InChI is InChI=1S/C16H26N4O/c1-11(2)16-18-12(3)8-15(19-16)20-7-5-6-14(10-20)9-17-13(4)21/h8,11,14H,5-7,9-10H2,1-4H3,(H,17,21). The van der Waals surface area contributed by atoms with Crippen molar-refractivity contribution in [1.29, 1.82) is 0 Å². The molecule has 1 fully saturated rings. The summed E-state index contributed by atoms with van der Waals surface area (Å²) in [6.07, 6.45) is 2.31. The average Bonchev–Trinajstić information content (AvgIpc) is 2.44. The summed E-state index contributed by atoms with van der Waals surface area (Å²) in [5.41, 5.74) is 1.02. The Morgan fingerprint density at radius 1 is 1.48 bits per heavy atom. The van der Waals surface area contributed by atoms with Gasteiger partial charge in [-0.05, 0) is 25.7 Å². The van der Waals surface area contributed by atoms with E-state index in [9.17, 15) is 4.79 Å². The fourth-order valence-corrected chi connectivity index (χ4v) is 2.72. The molecular weight excluding hydrogens is 264 g/mol. The topological polar surface area (TPSA) is 58.1 Å². The van der Waals surface area contributed by atoms with E-state index >= 15 is 0 Å². The molecule has 1 aromatic heterocycles. The maximum Gasteiger partial charge on any atom is 0.216 e. The Labute approximate surface area is 127 Å². The van der Waals surface area contributed by atoms with Crippen LogP contribution >= 0.6 is 0 Å². The lowest BCUT2D eigenvalue weighted by Gasteiger charge is -2.34. The fraction of sp³-hybridized carbons (Fsp3) is 0.688. The van der Waals surface area contributed by atoms with Crippen molar-refractivity contribution in [1.82, 2.24) is 15.3 Å². The number of carbonyl (C=O) groups is 1. The third kappa shape index (κ3) is 4.41. The third-order valence-corrected chi connectivity index (χ3v) is 3.86. The van der Waals surface area contributed by atoms with Crippen LogP contribution in [0.15, 0.2) is 6.07 Å². The van der Waals surface area contributed by atoms with Gasteiger partial charge in [0.1, 0.15) is 11.6 Å². The Morgan fingerprint density at radius 2 is 2.24 bits per heavy atom. The van der Waals surface area contributed by atoms with Crippen LogP contribution in [0.25, 0.3) is 0 Å². The lowest BCUT2D eigenvalue weighted by atomic mass is 9.98. The van der Waals surface area contributed by atoms with E-state index < -0.39 is 0 Å². The third-order valence-electron chi connectivity index (χ3n) is 3.86. The van der Waals surface area contributed by atoms with Crippen LogP contribution in [0.5, 0.6) is 0 Å². The Hall–Kier alpha value is -1.65. The lowest BCUT2D eigenvalue weighted by molar-refractivity contribution is -0.119. The molecule has 0 saturated carbocycles. The van der Waals surface area contributed by atoms with Crippen molar-refractivity contribution in [2.24, 2.45) is 5.92 Å². The summed E-state index contributed by atoms with van der Waals surface area (Å²) in [4.78, 5) is 22.6. The van der Waals surface area contributed by atoms with Gasteiger partial charge < -0.3 is 10.2 Å². The Balaban J connectivity index is 2.08. The molecule has 0 aromatic carbocycles. The first kappa shape index (κ1) is 15.7. The zero-order valence-corrected chi connectivity index (χ0v) is 13.5. The van der Waals surface area contributed by atoms with Crippen LogP contribution in [0.2, 0.25) is 0 Å². The van der Waals surface area contributed by atoms with Gasteiger partial charge >= 0.3 is 0 Å². The number of carbonyl (C=O) groups excluding carboxylic acids is 1. The zero-order chi connectivity index (χ0) is 15.4. The summed E-state index contributed by atoms with van der Waals surface area (Å²) in [5.74, 6) is 2.82. The molecule has 5 heteroatoms. The second-order valence-corrected chi connectivity index (χ2v) is 6.27. The van der Waals surface area contributed by atoms with Crippen LogP contribution in [-0.2, 0) is 4.79 Å². The highest BCUT2D eigenvalue weighted by Gasteiger charge is 2.22. The molecule has 116 valence electrons. The van der Waals surface area contributed by atoms with Crippen molar-refractivity contribution < 1.29 is 4.79 Å². The molecule has 1 aromatic rings. The second kappa shape index (κ2) is 6.87. The van der Waals surface area contributed by atoms with E-state index in [1.54, 1.807) is 6.92 Å². The summed E-state index contributed by atoms with van der Waals surface area (Å²) >= 11 is 0. The van der Waals surface area contributed by atoms with Gasteiger partial charge in [0.15, 0.2) is 0 Å². The van der Waals surface area contributed by atoms with Gasteiger partial charge in [0.2, 0.25) is 5.91 Å². The maximum atomic E-state index is 11.1. The Bertz CT molecular complexity index is 501. The quantitative estimate of drug-likeness (QED) is 0.924. The zero-order valence-electron chi connectivity index (χ0n) is 13.5. The van der Waals surface area contributed by atoms with Gasteiger partial charge in [-0.25, -0.2) is 9.97 Å². The highest BCUT2D eigenvalue weighted by atomic mass is 16.1. The van der Waals surface area contributed by atoms with Crippen molar-refractivity contribution in [3.05, 3.63) is 17.6 Å². The summed E-state index contributed by atoms with van der Waals surface area (Å²) in [5, 5.41) is 2.93. The molecule has 5 nitrogen and oxygen atoms in total. The minimum Gasteiger partial charge on any atom is -0.356 e. The molecule has 1 atom stereocenters. The molecular formula is C16H26N4O. The molecule has 2 heterocycles. The molecule has 1 unspecified atom stereocenters. The minimum atomic E-state index is 0.0482. The number of amides is 1. The van der Waals surface area contributed by atoms with Gasteiger partial charge in [-0.3, -0.25) is 4.79 Å². The molecule has 0 spiro atoms. The largest absolute Gasteiger partial charge is 0.356 e. The number of anilines is 1. The van der Waals surface area contributed by atoms with Crippen molar-refractivity contribution in [3.8, 4) is 0 Å². The summed E-state index contributed by atoms with van der Waals surface area (Å²) in [6, 6.07) is 2.06. The predicted octanol–water partition coefficient (Wildman–Crippen LogP) is 2.26. The maximum absolute atomic E-state index is 11.1. The molecule has 0 bridgehead atoms. The van der Waals surface area contributed by atoms with E-state index in [-0.39, 0.29) is 5.91 Å². The van der Waals surface area contributed by atoms with E-state index in [4.69, 9.17) is 4.98 Å². The molecule has 2 rings (SSSR count). The second-order valence-electron chi connectivity index (χ2n) is 6.27. The number of hydrogen-bond acceptors (Lipinski definition) is 4. The number of aryl methyl sites for hydroxylation is 1. The van der Waals surface area contributed by atoms with Crippen molar-refractivity contribution >= 4 is 11.7 Å². The van der Waals surface area contributed by atoms with E-state index in [0.29, 0.717) is 11.8 Å². The molecule has 0 radical (unpaired) electrons. The normalized spacial score (nSPS) is 18.9. The fourth-order valence-electron chi connectivity index (χ4n) is 2.72. The van der Waals surface area contributed by atoms with Gasteiger partial charge in [-0.1, -0.05) is 13.8 Å². The van der Waals surface area contributed by atoms with Crippen molar-refractivity contribution in [2.45, 2.75) is 46.5 Å². The highest BCUT2D eigenvalue weighted by Crippen LogP contribution is 2.23. The Morgan fingerprint density at radius 3 is 2.90 bits per heavy atom. The molecule has 1 aliphatic heterocycles. The van der Waals surface area contributed by atoms with E-state index in [1.807, 2.05) is 6.92 Å². The number of nitrogens with one attached hydrogen (secondary N) is 1. The van der Waals surface area contributed by atoms with Gasteiger partial charge in [-0.15, -0.1) is 0 Å². The lowest BCUT2D eigenvalue weighted by Crippen LogP contribution is -2.41. The van der Waals surface area contributed by atoms with Gasteiger partial charge in [0.25, 0.3) is 0 Å². The first-order chi connectivity index (χ1) is 9.95. The molecule has 21 heavy (non-hydrogen) atoms. The first-order valence-corrected chi connectivity index (χ1v) is 7.80. The SMILES string of the molecule is CC(=O)NCC1CCCN(c2cc(C)nc(C(C)C)n2)C1. The summed E-state index contributed by atoms with van der Waals surface area (Å²) < 4.78 is 0. The molecule has 1 saturated heterocycles. The highest BCUT2D eigenvalue weighted by molar-refractivity contribution is 5.72. The molecule has 0 aliphatic carbocycles. The summed E-state index contributed by atoms with van der Waals surface area (Å²) in [7, 11) is 0. The number of hydrogen-bond donors (Lipinski definition) is 1. The number of piperidine rings is 1. The van der Waals surface area contributed by atoms with Gasteiger partial charge in [-0.2, -0.15) is 0 Å². The van der Waals surface area contributed by atoms with Gasteiger partial charge in [0, 0.05) is 44.2 Å². The molecule has 1 amide bonds. The van der Waals surface area contributed by atoms with Crippen LogP contribution in [0, 0.1) is 12.8 Å². The van der Waals surface area contributed by atoms with Crippen LogP contribution in [0.1, 0.15) is 51.0 Å². The predicted molar refractivity (Wildman–Crippen MR) is 84.5 cm³/mol. The molecule has 1 aliphatic rings.